The van der Waals surface area contributed by atoms with Gasteiger partial charge in [-0.25, -0.2) is 22.4 Å². The van der Waals surface area contributed by atoms with Crippen LogP contribution in [0.1, 0.15) is 43.4 Å². The first-order chi connectivity index (χ1) is 22.3. The average molecular weight is 675 g/mol. The van der Waals surface area contributed by atoms with Crippen LogP contribution in [0, 0.1) is 5.82 Å². The van der Waals surface area contributed by atoms with Gasteiger partial charge in [-0.3, -0.25) is 9.21 Å². The lowest BCUT2D eigenvalue weighted by atomic mass is 9.95. The summed E-state index contributed by atoms with van der Waals surface area (Å²) in [6, 6.07) is 2.22. The quantitative estimate of drug-likeness (QED) is 0.403. The minimum absolute atomic E-state index is 0.0414. The number of fused-ring (bicyclic) bond motifs is 5. The van der Waals surface area contributed by atoms with Gasteiger partial charge < -0.3 is 25.4 Å². The summed E-state index contributed by atoms with van der Waals surface area (Å²) >= 11 is 0.980. The number of nitrogens with zero attached hydrogens (tertiary/aromatic N) is 6. The number of anilines is 2. The molecule has 2 aromatic heterocycles. The van der Waals surface area contributed by atoms with Gasteiger partial charge in [-0.05, 0) is 44.4 Å². The van der Waals surface area contributed by atoms with Gasteiger partial charge >= 0.3 is 6.01 Å². The largest absolute Gasteiger partial charge is 0.461 e. The van der Waals surface area contributed by atoms with E-state index in [-0.39, 0.29) is 62.4 Å². The molecular weight excluding hydrogens is 642 g/mol. The Bertz CT molecular complexity index is 1780. The van der Waals surface area contributed by atoms with Gasteiger partial charge in [0.15, 0.2) is 27.8 Å². The highest BCUT2D eigenvalue weighted by atomic mass is 32.2. The number of nitrogens with two attached hydrogens (primary N) is 1. The molecule has 5 fully saturated rings. The SMILES string of the molecule is Nc1nc2c(C3=C(F)c4nc(OC[C@@]56CCCN5C[C@H](F)C6)nc(N5C6CNCC5COC6)c4S(=O)N3C3CC3)ccc(F)c2s1. The molecule has 3 unspecified atom stereocenters. The van der Waals surface area contributed by atoms with E-state index in [0.29, 0.717) is 50.7 Å². The summed E-state index contributed by atoms with van der Waals surface area (Å²) in [7, 11) is -1.91. The number of piperazine rings is 1. The molecule has 4 saturated heterocycles. The summed E-state index contributed by atoms with van der Waals surface area (Å²) in [4.78, 5) is 18.2. The van der Waals surface area contributed by atoms with Crippen molar-refractivity contribution in [3.8, 4) is 6.01 Å². The Labute approximate surface area is 269 Å². The lowest BCUT2D eigenvalue weighted by Gasteiger charge is -2.47. The standard InChI is InChI=1S/C30H33F3N8O3S2/c31-15-8-30(6-1-7-39(30)11-15)14-44-29-37-23-21(33)24(19-4-5-20(32)25-22(19)36-28(34)45-25)41(16-2-3-16)46(42)26(23)27(38-29)40-17-9-35-10-18(40)13-43-12-17/h4-5,15-18,35H,1-3,6-14H2,(H2,34,36)/t15-,17?,18?,30+,46?/m1/s1. The zero-order valence-electron chi connectivity index (χ0n) is 24.9. The molecule has 0 radical (unpaired) electrons. The molecule has 46 heavy (non-hydrogen) atoms. The monoisotopic (exact) mass is 674 g/mol. The zero-order chi connectivity index (χ0) is 31.3. The smallest absolute Gasteiger partial charge is 0.319 e. The van der Waals surface area contributed by atoms with Crippen molar-refractivity contribution in [3.05, 3.63) is 29.2 Å². The minimum Gasteiger partial charge on any atom is -0.461 e. The van der Waals surface area contributed by atoms with Crippen molar-refractivity contribution < 1.29 is 26.9 Å². The first-order valence-corrected chi connectivity index (χ1v) is 17.7. The zero-order valence-corrected chi connectivity index (χ0v) is 26.5. The molecule has 0 amide bonds. The minimum atomic E-state index is -1.91. The van der Waals surface area contributed by atoms with E-state index >= 15 is 4.39 Å². The molecule has 6 aliphatic rings. The van der Waals surface area contributed by atoms with E-state index < -0.39 is 34.3 Å². The van der Waals surface area contributed by atoms with Crippen molar-refractivity contribution in [1.29, 1.82) is 0 Å². The van der Waals surface area contributed by atoms with Crippen LogP contribution in [0.3, 0.4) is 0 Å². The first-order valence-electron chi connectivity index (χ1n) is 15.8. The summed E-state index contributed by atoms with van der Waals surface area (Å²) in [5.41, 5.74) is 5.93. The Morgan fingerprint density at radius 1 is 1.15 bits per heavy atom. The Morgan fingerprint density at radius 2 is 1.96 bits per heavy atom. The first kappa shape index (κ1) is 29.1. The van der Waals surface area contributed by atoms with Crippen LogP contribution in [0.5, 0.6) is 6.01 Å². The van der Waals surface area contributed by atoms with E-state index in [1.165, 1.54) is 12.1 Å². The van der Waals surface area contributed by atoms with Crippen LogP contribution in [0.4, 0.5) is 24.1 Å². The number of nitrogens with one attached hydrogen (secondary N) is 1. The molecule has 1 aliphatic carbocycles. The van der Waals surface area contributed by atoms with Crippen LogP contribution in [-0.4, -0.2) is 104 Å². The predicted molar refractivity (Wildman–Crippen MR) is 168 cm³/mol. The molecule has 3 aromatic rings. The van der Waals surface area contributed by atoms with E-state index in [1.54, 1.807) is 4.31 Å². The third kappa shape index (κ3) is 4.47. The highest BCUT2D eigenvalue weighted by Gasteiger charge is 2.50. The van der Waals surface area contributed by atoms with Gasteiger partial charge in [-0.15, -0.1) is 0 Å². The van der Waals surface area contributed by atoms with Crippen LogP contribution in [0.25, 0.3) is 21.7 Å². The molecular formula is C30H33F3N8O3S2. The highest BCUT2D eigenvalue weighted by Crippen LogP contribution is 2.50. The van der Waals surface area contributed by atoms with Gasteiger partial charge in [0.05, 0.1) is 46.8 Å². The van der Waals surface area contributed by atoms with Gasteiger partial charge in [0.1, 0.15) is 29.2 Å². The maximum absolute atomic E-state index is 17.3. The Hall–Kier alpha value is -3.05. The molecule has 1 aromatic carbocycles. The van der Waals surface area contributed by atoms with E-state index in [9.17, 15) is 13.0 Å². The summed E-state index contributed by atoms with van der Waals surface area (Å²) in [5, 5.41) is 3.57. The Morgan fingerprint density at radius 3 is 2.74 bits per heavy atom. The molecule has 16 heteroatoms. The number of hydrogen-bond acceptors (Lipinski definition) is 11. The second kappa shape index (κ2) is 10.7. The second-order valence-corrected chi connectivity index (χ2v) is 15.4. The highest BCUT2D eigenvalue weighted by molar-refractivity contribution is 7.83. The molecule has 1 saturated carbocycles. The van der Waals surface area contributed by atoms with Crippen molar-refractivity contribution in [2.75, 3.05) is 56.6 Å². The summed E-state index contributed by atoms with van der Waals surface area (Å²) in [6.07, 6.45) is 2.61. The number of rotatable bonds is 6. The van der Waals surface area contributed by atoms with Crippen LogP contribution >= 0.6 is 11.3 Å². The Balaban J connectivity index is 1.22. The number of hydrogen-bond donors (Lipinski definition) is 2. The third-order valence-corrected chi connectivity index (χ3v) is 12.6. The van der Waals surface area contributed by atoms with Crippen LogP contribution in [-0.2, 0) is 15.7 Å². The van der Waals surface area contributed by atoms with Crippen molar-refractivity contribution in [1.82, 2.24) is 29.5 Å². The fourth-order valence-corrected chi connectivity index (χ4v) is 10.3. The van der Waals surface area contributed by atoms with Crippen molar-refractivity contribution in [3.63, 3.8) is 0 Å². The topological polar surface area (TPSA) is 122 Å². The third-order valence-electron chi connectivity index (χ3n) is 10.1. The fraction of sp³-hybridized carbons (Fsp3) is 0.567. The number of benzene rings is 1. The second-order valence-electron chi connectivity index (χ2n) is 13.1. The fourth-order valence-electron chi connectivity index (χ4n) is 7.93. The summed E-state index contributed by atoms with van der Waals surface area (Å²) in [6.45, 7) is 3.41. The maximum atomic E-state index is 17.3. The number of morpholine rings is 1. The lowest BCUT2D eigenvalue weighted by molar-refractivity contribution is 0.0516. The molecule has 9 rings (SSSR count). The summed E-state index contributed by atoms with van der Waals surface area (Å²) < 4.78 is 75.3. The number of ether oxygens (including phenoxy) is 2. The Kier molecular flexibility index (Phi) is 6.79. The molecule has 11 nitrogen and oxygen atoms in total. The lowest BCUT2D eigenvalue weighted by Crippen LogP contribution is -2.64. The van der Waals surface area contributed by atoms with E-state index in [0.717, 1.165) is 43.6 Å². The number of aromatic nitrogens is 3. The van der Waals surface area contributed by atoms with E-state index in [4.69, 9.17) is 20.2 Å². The number of alkyl halides is 1. The van der Waals surface area contributed by atoms with Gasteiger partial charge in [0, 0.05) is 37.7 Å². The number of thiazole rings is 1. The van der Waals surface area contributed by atoms with Crippen molar-refractivity contribution in [2.45, 2.75) is 66.8 Å². The summed E-state index contributed by atoms with van der Waals surface area (Å²) in [5.74, 6) is -0.869. The molecule has 7 heterocycles. The molecule has 0 spiro atoms. The van der Waals surface area contributed by atoms with Crippen molar-refractivity contribution >= 4 is 55.0 Å². The predicted octanol–water partition coefficient (Wildman–Crippen LogP) is 3.24. The van der Waals surface area contributed by atoms with Crippen LogP contribution < -0.4 is 20.7 Å². The number of nitrogen functional groups attached to an aromatic ring is 1. The molecule has 3 N–H and O–H groups in total. The maximum Gasteiger partial charge on any atom is 0.319 e. The van der Waals surface area contributed by atoms with E-state index in [1.807, 2.05) is 0 Å². The average Bonchev–Trinajstić information content (AvgIpc) is 3.56. The van der Waals surface area contributed by atoms with Gasteiger partial charge in [-0.1, -0.05) is 11.3 Å². The molecule has 5 aliphatic heterocycles. The normalized spacial score (nSPS) is 31.1. The van der Waals surface area contributed by atoms with E-state index in [2.05, 4.69) is 25.1 Å². The van der Waals surface area contributed by atoms with Gasteiger partial charge in [-0.2, -0.15) is 9.97 Å². The molecule has 244 valence electrons. The molecule has 5 atom stereocenters. The number of halogens is 3. The van der Waals surface area contributed by atoms with Crippen molar-refractivity contribution in [2.24, 2.45) is 0 Å². The molecule has 2 bridgehead atoms. The van der Waals surface area contributed by atoms with Gasteiger partial charge in [0.2, 0.25) is 0 Å². The van der Waals surface area contributed by atoms with Gasteiger partial charge in [0.25, 0.3) is 0 Å². The van der Waals surface area contributed by atoms with Crippen LogP contribution in [0.15, 0.2) is 17.0 Å². The van der Waals surface area contributed by atoms with Crippen LogP contribution in [0.2, 0.25) is 0 Å².